The summed E-state index contributed by atoms with van der Waals surface area (Å²) in [4.78, 5) is 54.9. The Morgan fingerprint density at radius 2 is 1.98 bits per heavy atom. The predicted molar refractivity (Wildman–Crippen MR) is 143 cm³/mol. The lowest BCUT2D eigenvalue weighted by Gasteiger charge is -2.18. The number of aromatic nitrogens is 8. The number of carbonyl (C=O) groups is 3. The van der Waals surface area contributed by atoms with Gasteiger partial charge in [-0.1, -0.05) is 18.2 Å². The molecule has 0 spiro atoms. The average Bonchev–Trinajstić information content (AvgIpc) is 3.76. The molecule has 0 unspecified atom stereocenters. The number of nitrogens with one attached hydrogen (secondary N) is 5. The summed E-state index contributed by atoms with van der Waals surface area (Å²) in [5.41, 5.74) is 3.13. The number of rotatable bonds is 6. The van der Waals surface area contributed by atoms with Gasteiger partial charge < -0.3 is 20.7 Å². The van der Waals surface area contributed by atoms with E-state index in [1.165, 1.54) is 6.07 Å². The quantitative estimate of drug-likeness (QED) is 0.189. The van der Waals surface area contributed by atoms with Crippen molar-refractivity contribution >= 4 is 29.2 Å². The Balaban J connectivity index is 1.11. The van der Waals surface area contributed by atoms with Crippen molar-refractivity contribution in [1.82, 2.24) is 50.8 Å². The molecule has 1 aliphatic heterocycles. The molecule has 0 bridgehead atoms. The lowest BCUT2D eigenvalue weighted by molar-refractivity contribution is -0.118. The molecule has 16 heteroatoms. The van der Waals surface area contributed by atoms with E-state index in [9.17, 15) is 19.2 Å². The van der Waals surface area contributed by atoms with Crippen LogP contribution in [0.3, 0.4) is 0 Å². The summed E-state index contributed by atoms with van der Waals surface area (Å²) in [5.74, 6) is -0.527. The molecule has 16 nitrogen and oxygen atoms in total. The second kappa shape index (κ2) is 9.92. The van der Waals surface area contributed by atoms with E-state index in [1.807, 2.05) is 18.2 Å². The standard InChI is InChI=1S/C26H21N11O5/c38-21-11-42-20-6-1-12(7-17(20)28-21)10-27-23(39)18-9-19(37-25(30-18)33-34-26(37)41)24(40)29-16-5-3-13-8-14(2-4-15(13)16)22-31-35-36-32-22/h1-2,4,6-9,16H,3,5,10-11H2,(H,27,39)(H,28,38)(H,29,40)(H,34,41)(H,31,32,35,36)/t16-/m0/s1. The fourth-order valence-corrected chi connectivity index (χ4v) is 5.13. The van der Waals surface area contributed by atoms with Crippen LogP contribution in [0, 0.1) is 0 Å². The lowest BCUT2D eigenvalue weighted by Crippen LogP contribution is -2.32. The molecular weight excluding hydrogens is 546 g/mol. The van der Waals surface area contributed by atoms with Crippen molar-refractivity contribution in [3.8, 4) is 17.1 Å². The highest BCUT2D eigenvalue weighted by atomic mass is 16.5. The second-order valence-corrected chi connectivity index (χ2v) is 9.75. The molecule has 3 amide bonds. The molecule has 0 saturated heterocycles. The number of hydrogen-bond acceptors (Lipinski definition) is 10. The van der Waals surface area contributed by atoms with Crippen LogP contribution >= 0.6 is 0 Å². The third kappa shape index (κ3) is 4.49. The van der Waals surface area contributed by atoms with Gasteiger partial charge >= 0.3 is 5.69 Å². The average molecular weight is 568 g/mol. The van der Waals surface area contributed by atoms with E-state index in [0.29, 0.717) is 29.2 Å². The molecule has 4 heterocycles. The Morgan fingerprint density at radius 3 is 2.83 bits per heavy atom. The second-order valence-electron chi connectivity index (χ2n) is 9.75. The minimum absolute atomic E-state index is 0.0564. The summed E-state index contributed by atoms with van der Waals surface area (Å²) in [7, 11) is 0. The van der Waals surface area contributed by atoms with Gasteiger partial charge in [-0.3, -0.25) is 14.4 Å². The number of H-pyrrole nitrogens is 2. The first kappa shape index (κ1) is 25.1. The molecule has 3 aromatic heterocycles. The summed E-state index contributed by atoms with van der Waals surface area (Å²) in [6, 6.07) is 11.8. The van der Waals surface area contributed by atoms with Crippen LogP contribution in [-0.4, -0.2) is 64.5 Å². The van der Waals surface area contributed by atoms with E-state index in [2.05, 4.69) is 51.8 Å². The number of carbonyl (C=O) groups excluding carboxylic acids is 3. The summed E-state index contributed by atoms with van der Waals surface area (Å²) in [5, 5.41) is 28.6. The van der Waals surface area contributed by atoms with Gasteiger partial charge in [-0.15, -0.1) is 15.3 Å². The van der Waals surface area contributed by atoms with E-state index >= 15 is 0 Å². The van der Waals surface area contributed by atoms with Crippen LogP contribution in [0.5, 0.6) is 5.75 Å². The monoisotopic (exact) mass is 567 g/mol. The first-order valence-corrected chi connectivity index (χ1v) is 12.9. The van der Waals surface area contributed by atoms with E-state index in [-0.39, 0.29) is 42.3 Å². The molecule has 5 N–H and O–H groups in total. The number of tetrazole rings is 1. The van der Waals surface area contributed by atoms with Gasteiger partial charge in [-0.2, -0.15) is 5.21 Å². The molecule has 42 heavy (non-hydrogen) atoms. The van der Waals surface area contributed by atoms with Crippen LogP contribution in [0.25, 0.3) is 17.2 Å². The fourth-order valence-electron chi connectivity index (χ4n) is 5.13. The highest BCUT2D eigenvalue weighted by Crippen LogP contribution is 2.34. The van der Waals surface area contributed by atoms with Gasteiger partial charge in [0.2, 0.25) is 5.82 Å². The van der Waals surface area contributed by atoms with E-state index in [0.717, 1.165) is 27.5 Å². The number of ether oxygens (including phenoxy) is 1. The molecule has 1 atom stereocenters. The number of aromatic amines is 2. The maximum Gasteiger partial charge on any atom is 0.349 e. The normalized spacial score (nSPS) is 15.4. The molecular formula is C26H21N11O5. The van der Waals surface area contributed by atoms with Gasteiger partial charge in [0, 0.05) is 12.1 Å². The van der Waals surface area contributed by atoms with Gasteiger partial charge in [0.05, 0.1) is 11.7 Å². The smallest absolute Gasteiger partial charge is 0.349 e. The molecule has 2 aromatic carbocycles. The number of hydrogen-bond donors (Lipinski definition) is 5. The predicted octanol–water partition coefficient (Wildman–Crippen LogP) is 0.276. The Bertz CT molecular complexity index is 1950. The van der Waals surface area contributed by atoms with Crippen molar-refractivity contribution in [3.05, 3.63) is 81.0 Å². The van der Waals surface area contributed by atoms with Crippen LogP contribution in [-0.2, 0) is 17.8 Å². The minimum Gasteiger partial charge on any atom is -0.482 e. The van der Waals surface area contributed by atoms with Crippen LogP contribution < -0.4 is 26.4 Å². The molecule has 210 valence electrons. The highest BCUT2D eigenvalue weighted by Gasteiger charge is 2.27. The van der Waals surface area contributed by atoms with Crippen molar-refractivity contribution in [1.29, 1.82) is 0 Å². The third-order valence-corrected chi connectivity index (χ3v) is 7.11. The number of anilines is 1. The Morgan fingerprint density at radius 1 is 1.07 bits per heavy atom. The van der Waals surface area contributed by atoms with Crippen LogP contribution in [0.1, 0.15) is 50.1 Å². The zero-order valence-electron chi connectivity index (χ0n) is 21.7. The Kier molecular flexibility index (Phi) is 5.92. The van der Waals surface area contributed by atoms with Crippen molar-refractivity contribution < 1.29 is 19.1 Å². The van der Waals surface area contributed by atoms with Crippen LogP contribution in [0.4, 0.5) is 5.69 Å². The minimum atomic E-state index is -0.662. The number of amides is 3. The van der Waals surface area contributed by atoms with Crippen LogP contribution in [0.2, 0.25) is 0 Å². The Labute approximate surface area is 234 Å². The number of aryl methyl sites for hydroxylation is 1. The number of fused-ring (bicyclic) bond motifs is 3. The lowest BCUT2D eigenvalue weighted by atomic mass is 10.0. The highest BCUT2D eigenvalue weighted by molar-refractivity contribution is 5.98. The summed E-state index contributed by atoms with van der Waals surface area (Å²) < 4.78 is 6.38. The zero-order chi connectivity index (χ0) is 28.8. The van der Waals surface area contributed by atoms with Gasteiger partial charge in [-0.05, 0) is 59.0 Å². The van der Waals surface area contributed by atoms with Gasteiger partial charge in [0.15, 0.2) is 6.61 Å². The maximum atomic E-state index is 13.5. The molecule has 1 aliphatic carbocycles. The summed E-state index contributed by atoms with van der Waals surface area (Å²) in [6.07, 6.45) is 1.36. The van der Waals surface area contributed by atoms with Crippen molar-refractivity contribution in [2.24, 2.45) is 0 Å². The largest absolute Gasteiger partial charge is 0.482 e. The SMILES string of the molecule is O=C1COc2ccc(CNC(=O)c3cc(C(=O)N[C@H]4CCc5cc(-c6nn[nH]n6)ccc54)n4c(=O)[nH]nc4n3)cc2N1. The van der Waals surface area contributed by atoms with E-state index in [4.69, 9.17) is 4.74 Å². The first-order chi connectivity index (χ1) is 20.4. The maximum absolute atomic E-state index is 13.5. The third-order valence-electron chi connectivity index (χ3n) is 7.11. The number of benzene rings is 2. The summed E-state index contributed by atoms with van der Waals surface area (Å²) >= 11 is 0. The van der Waals surface area contributed by atoms with Gasteiger partial charge in [0.25, 0.3) is 23.5 Å². The zero-order valence-corrected chi connectivity index (χ0v) is 21.7. The number of nitrogens with zero attached hydrogens (tertiary/aromatic N) is 6. The van der Waals surface area contributed by atoms with E-state index < -0.39 is 17.5 Å². The summed E-state index contributed by atoms with van der Waals surface area (Å²) in [6.45, 7) is 0.0492. The van der Waals surface area contributed by atoms with Gasteiger partial charge in [-0.25, -0.2) is 19.3 Å². The molecule has 0 saturated carbocycles. The molecule has 0 fully saturated rings. The molecule has 7 rings (SSSR count). The fraction of sp³-hybridized carbons (Fsp3) is 0.192. The van der Waals surface area contributed by atoms with Crippen molar-refractivity contribution in [2.45, 2.75) is 25.4 Å². The molecule has 5 aromatic rings. The first-order valence-electron chi connectivity index (χ1n) is 12.9. The Hall–Kier alpha value is -5.93. The van der Waals surface area contributed by atoms with Gasteiger partial charge in [0.1, 0.15) is 17.1 Å². The molecule has 0 radical (unpaired) electrons. The van der Waals surface area contributed by atoms with Crippen LogP contribution in [0.15, 0.2) is 47.3 Å². The molecule has 2 aliphatic rings. The van der Waals surface area contributed by atoms with E-state index in [1.54, 1.807) is 18.2 Å². The van der Waals surface area contributed by atoms with Crippen molar-refractivity contribution in [2.75, 3.05) is 11.9 Å². The topological polar surface area (TPSA) is 214 Å². The van der Waals surface area contributed by atoms with Crippen molar-refractivity contribution in [3.63, 3.8) is 0 Å².